The quantitative estimate of drug-likeness (QED) is 0.744. The van der Waals surface area contributed by atoms with Crippen LogP contribution in [0.1, 0.15) is 21.1 Å². The van der Waals surface area contributed by atoms with Crippen molar-refractivity contribution in [1.29, 1.82) is 0 Å². The van der Waals surface area contributed by atoms with Gasteiger partial charge < -0.3 is 4.90 Å². The van der Waals surface area contributed by atoms with E-state index < -0.39 is 0 Å². The summed E-state index contributed by atoms with van der Waals surface area (Å²) in [5.74, 6) is -0.0698. The van der Waals surface area contributed by atoms with Crippen molar-refractivity contribution in [2.24, 2.45) is 0 Å². The first-order valence-electron chi connectivity index (χ1n) is 6.90. The van der Waals surface area contributed by atoms with Crippen LogP contribution < -0.4 is 0 Å². The molecule has 2 heterocycles. The second kappa shape index (κ2) is 6.11. The van der Waals surface area contributed by atoms with Crippen molar-refractivity contribution < 1.29 is 4.79 Å². The number of aromatic nitrogens is 3. The summed E-state index contributed by atoms with van der Waals surface area (Å²) in [6.07, 6.45) is 3.63. The van der Waals surface area contributed by atoms with Gasteiger partial charge in [0.25, 0.3) is 5.91 Å². The van der Waals surface area contributed by atoms with E-state index in [0.29, 0.717) is 12.2 Å². The molecule has 0 aliphatic rings. The van der Waals surface area contributed by atoms with Crippen molar-refractivity contribution in [3.05, 3.63) is 64.4 Å². The third kappa shape index (κ3) is 2.92. The standard InChI is InChI=1S/C16H16N4OS/c1-12-18-14(11-22-12)16(21)19(2)10-13-6-3-4-7-15(13)20-9-5-8-17-20/h3-9,11H,10H2,1-2H3. The van der Waals surface area contributed by atoms with Crippen LogP contribution in [0.25, 0.3) is 5.69 Å². The maximum atomic E-state index is 12.4. The van der Waals surface area contributed by atoms with Gasteiger partial charge in [-0.2, -0.15) is 5.10 Å². The predicted octanol–water partition coefficient (Wildman–Crippen LogP) is 2.91. The molecule has 0 aliphatic carbocycles. The Hall–Kier alpha value is -2.47. The van der Waals surface area contributed by atoms with Crippen molar-refractivity contribution in [3.63, 3.8) is 0 Å². The largest absolute Gasteiger partial charge is 0.336 e. The maximum Gasteiger partial charge on any atom is 0.273 e. The minimum Gasteiger partial charge on any atom is -0.336 e. The average molecular weight is 312 g/mol. The number of hydrogen-bond acceptors (Lipinski definition) is 4. The van der Waals surface area contributed by atoms with E-state index in [-0.39, 0.29) is 5.91 Å². The zero-order chi connectivity index (χ0) is 15.5. The zero-order valence-electron chi connectivity index (χ0n) is 12.4. The van der Waals surface area contributed by atoms with Crippen LogP contribution in [0.3, 0.4) is 0 Å². The molecule has 0 fully saturated rings. The number of rotatable bonds is 4. The van der Waals surface area contributed by atoms with E-state index in [1.807, 2.05) is 43.5 Å². The molecule has 6 heteroatoms. The van der Waals surface area contributed by atoms with Gasteiger partial charge in [-0.05, 0) is 24.6 Å². The Morgan fingerprint density at radius 2 is 2.14 bits per heavy atom. The van der Waals surface area contributed by atoms with E-state index in [0.717, 1.165) is 16.3 Å². The molecule has 0 N–H and O–H groups in total. The lowest BCUT2D eigenvalue weighted by molar-refractivity contribution is 0.0780. The molecular weight excluding hydrogens is 296 g/mol. The molecule has 0 atom stereocenters. The first-order chi connectivity index (χ1) is 10.6. The molecule has 0 unspecified atom stereocenters. The van der Waals surface area contributed by atoms with Crippen molar-refractivity contribution in [1.82, 2.24) is 19.7 Å². The van der Waals surface area contributed by atoms with Gasteiger partial charge >= 0.3 is 0 Å². The fourth-order valence-corrected chi connectivity index (χ4v) is 2.85. The van der Waals surface area contributed by atoms with Crippen LogP contribution in [-0.4, -0.2) is 32.6 Å². The molecule has 0 saturated carbocycles. The van der Waals surface area contributed by atoms with Gasteiger partial charge in [0.2, 0.25) is 0 Å². The molecule has 1 amide bonds. The fourth-order valence-electron chi connectivity index (χ4n) is 2.26. The third-order valence-corrected chi connectivity index (χ3v) is 4.11. The molecule has 112 valence electrons. The predicted molar refractivity (Wildman–Crippen MR) is 86.2 cm³/mol. The van der Waals surface area contributed by atoms with E-state index in [1.54, 1.807) is 28.2 Å². The summed E-state index contributed by atoms with van der Waals surface area (Å²) in [6, 6.07) is 9.81. The normalized spacial score (nSPS) is 10.6. The first-order valence-corrected chi connectivity index (χ1v) is 7.78. The Labute approximate surface area is 132 Å². The minimum atomic E-state index is -0.0698. The molecule has 1 aromatic carbocycles. The van der Waals surface area contributed by atoms with Crippen molar-refractivity contribution in [2.75, 3.05) is 7.05 Å². The summed E-state index contributed by atoms with van der Waals surface area (Å²) in [7, 11) is 1.79. The molecule has 0 saturated heterocycles. The van der Waals surface area contributed by atoms with Crippen LogP contribution in [-0.2, 0) is 6.54 Å². The van der Waals surface area contributed by atoms with E-state index in [2.05, 4.69) is 10.1 Å². The second-order valence-corrected chi connectivity index (χ2v) is 6.05. The van der Waals surface area contributed by atoms with Crippen molar-refractivity contribution >= 4 is 17.2 Å². The van der Waals surface area contributed by atoms with Crippen molar-refractivity contribution in [2.45, 2.75) is 13.5 Å². The Bertz CT molecular complexity index is 779. The van der Waals surface area contributed by atoms with E-state index in [1.165, 1.54) is 11.3 Å². The molecule has 3 rings (SSSR count). The number of thiazole rings is 1. The van der Waals surface area contributed by atoms with E-state index in [4.69, 9.17) is 0 Å². The van der Waals surface area contributed by atoms with Gasteiger partial charge in [-0.15, -0.1) is 11.3 Å². The lowest BCUT2D eigenvalue weighted by atomic mass is 10.1. The van der Waals surface area contributed by atoms with Gasteiger partial charge in [0.1, 0.15) is 5.69 Å². The fraction of sp³-hybridized carbons (Fsp3) is 0.188. The topological polar surface area (TPSA) is 51.0 Å². The van der Waals surface area contributed by atoms with Gasteiger partial charge in [-0.25, -0.2) is 9.67 Å². The third-order valence-electron chi connectivity index (χ3n) is 3.34. The second-order valence-electron chi connectivity index (χ2n) is 4.99. The first kappa shape index (κ1) is 14.5. The number of aryl methyl sites for hydroxylation is 1. The van der Waals surface area contributed by atoms with Crippen molar-refractivity contribution in [3.8, 4) is 5.69 Å². The molecule has 3 aromatic rings. The number of para-hydroxylation sites is 1. The Morgan fingerprint density at radius 3 is 2.82 bits per heavy atom. The van der Waals surface area contributed by atoms with Gasteiger partial charge in [-0.1, -0.05) is 18.2 Å². The summed E-state index contributed by atoms with van der Waals surface area (Å²) in [6.45, 7) is 2.40. The molecule has 2 aromatic heterocycles. The smallest absolute Gasteiger partial charge is 0.273 e. The van der Waals surface area contributed by atoms with Gasteiger partial charge in [0.15, 0.2) is 0 Å². The highest BCUT2D eigenvalue weighted by Gasteiger charge is 2.16. The number of nitrogens with zero attached hydrogens (tertiary/aromatic N) is 4. The van der Waals surface area contributed by atoms with Crippen LogP contribution in [0.15, 0.2) is 48.1 Å². The van der Waals surface area contributed by atoms with Crippen LogP contribution in [0.4, 0.5) is 0 Å². The van der Waals surface area contributed by atoms with Gasteiger partial charge in [0.05, 0.1) is 10.7 Å². The van der Waals surface area contributed by atoms with Crippen LogP contribution in [0.2, 0.25) is 0 Å². The Balaban J connectivity index is 1.83. The van der Waals surface area contributed by atoms with Crippen LogP contribution in [0, 0.1) is 6.92 Å². The summed E-state index contributed by atoms with van der Waals surface area (Å²) in [5, 5.41) is 6.96. The molecule has 0 radical (unpaired) electrons. The highest BCUT2D eigenvalue weighted by atomic mass is 32.1. The number of carbonyl (C=O) groups excluding carboxylic acids is 1. The van der Waals surface area contributed by atoms with Crippen LogP contribution in [0.5, 0.6) is 0 Å². The summed E-state index contributed by atoms with van der Waals surface area (Å²) < 4.78 is 1.81. The minimum absolute atomic E-state index is 0.0698. The van der Waals surface area contributed by atoms with E-state index >= 15 is 0 Å². The van der Waals surface area contributed by atoms with Crippen LogP contribution >= 0.6 is 11.3 Å². The molecule has 0 bridgehead atoms. The van der Waals surface area contributed by atoms with E-state index in [9.17, 15) is 4.79 Å². The molecule has 0 aliphatic heterocycles. The molecule has 0 spiro atoms. The Kier molecular flexibility index (Phi) is 4.02. The summed E-state index contributed by atoms with van der Waals surface area (Å²) in [5.41, 5.74) is 2.51. The molecule has 5 nitrogen and oxygen atoms in total. The summed E-state index contributed by atoms with van der Waals surface area (Å²) >= 11 is 1.48. The zero-order valence-corrected chi connectivity index (χ0v) is 13.2. The molecule has 22 heavy (non-hydrogen) atoms. The number of benzene rings is 1. The Morgan fingerprint density at radius 1 is 1.32 bits per heavy atom. The maximum absolute atomic E-state index is 12.4. The number of amides is 1. The summed E-state index contributed by atoms with van der Waals surface area (Å²) in [4.78, 5) is 18.3. The monoisotopic (exact) mass is 312 g/mol. The SMILES string of the molecule is Cc1nc(C(=O)N(C)Cc2ccccc2-n2cccn2)cs1. The lowest BCUT2D eigenvalue weighted by Crippen LogP contribution is -2.27. The van der Waals surface area contributed by atoms with Gasteiger partial charge in [-0.3, -0.25) is 4.79 Å². The van der Waals surface area contributed by atoms with Gasteiger partial charge in [0, 0.05) is 31.4 Å². The number of carbonyl (C=O) groups is 1. The highest BCUT2D eigenvalue weighted by Crippen LogP contribution is 2.17. The number of hydrogen-bond donors (Lipinski definition) is 0. The lowest BCUT2D eigenvalue weighted by Gasteiger charge is -2.18. The molecular formula is C16H16N4OS. The average Bonchev–Trinajstić information content (AvgIpc) is 3.18. The highest BCUT2D eigenvalue weighted by molar-refractivity contribution is 7.09.